The van der Waals surface area contributed by atoms with Gasteiger partial charge in [0.15, 0.2) is 0 Å². The van der Waals surface area contributed by atoms with Crippen LogP contribution in [0.5, 0.6) is 0 Å². The fraction of sp³-hybridized carbons (Fsp3) is 0.250. The molecule has 3 aromatic carbocycles. The topological polar surface area (TPSA) is 84.1 Å². The quantitative estimate of drug-likeness (QED) is 0.345. The Balaban J connectivity index is 1.46. The van der Waals surface area contributed by atoms with Gasteiger partial charge < -0.3 is 11.1 Å². The number of benzene rings is 3. The molecular weight excluding hydrogens is 479 g/mol. The number of nitrogens with zero attached hydrogens (tertiary/aromatic N) is 3. The second-order valence-corrected chi connectivity index (χ2v) is 9.34. The van der Waals surface area contributed by atoms with E-state index in [4.69, 9.17) is 5.73 Å². The summed E-state index contributed by atoms with van der Waals surface area (Å²) in [6.07, 6.45) is -0.749. The first-order valence-electron chi connectivity index (χ1n) is 12.0. The molecule has 0 bridgehead atoms. The number of rotatable bonds is 5. The van der Waals surface area contributed by atoms with Gasteiger partial charge in [-0.05, 0) is 91.5 Å². The Morgan fingerprint density at radius 2 is 1.84 bits per heavy atom. The van der Waals surface area contributed by atoms with Gasteiger partial charge in [-0.15, -0.1) is 0 Å². The van der Waals surface area contributed by atoms with Crippen molar-refractivity contribution in [3.8, 4) is 11.1 Å². The monoisotopic (exact) mass is 505 g/mol. The van der Waals surface area contributed by atoms with Crippen molar-refractivity contribution < 1.29 is 18.0 Å². The summed E-state index contributed by atoms with van der Waals surface area (Å²) in [5, 5.41) is 3.55. The minimum Gasteiger partial charge on any atom is -0.368 e. The molecule has 1 aliphatic rings. The van der Waals surface area contributed by atoms with Crippen molar-refractivity contribution in [3.05, 3.63) is 83.0 Å². The average Bonchev–Trinajstić information content (AvgIpc) is 3.37. The van der Waals surface area contributed by atoms with E-state index in [1.165, 1.54) is 6.07 Å². The zero-order chi connectivity index (χ0) is 26.2. The third-order valence-corrected chi connectivity index (χ3v) is 6.69. The van der Waals surface area contributed by atoms with Gasteiger partial charge in [0.2, 0.25) is 5.95 Å². The van der Waals surface area contributed by atoms with Gasteiger partial charge in [0.05, 0.1) is 11.1 Å². The van der Waals surface area contributed by atoms with Crippen LogP contribution < -0.4 is 11.1 Å². The van der Waals surface area contributed by atoms with E-state index in [0.29, 0.717) is 23.2 Å². The van der Waals surface area contributed by atoms with Crippen LogP contribution in [0.1, 0.15) is 39.9 Å². The number of anilines is 2. The summed E-state index contributed by atoms with van der Waals surface area (Å²) in [7, 11) is 0. The van der Waals surface area contributed by atoms with Crippen LogP contribution in [0.3, 0.4) is 0 Å². The van der Waals surface area contributed by atoms with Crippen molar-refractivity contribution in [1.82, 2.24) is 14.9 Å². The zero-order valence-electron chi connectivity index (χ0n) is 20.3. The highest BCUT2D eigenvalue weighted by molar-refractivity contribution is 6.05. The number of nitrogen functional groups attached to an aromatic ring is 1. The molecule has 4 aromatic rings. The average molecular weight is 506 g/mol. The van der Waals surface area contributed by atoms with Crippen molar-refractivity contribution in [1.29, 1.82) is 0 Å². The van der Waals surface area contributed by atoms with E-state index in [-0.39, 0.29) is 11.6 Å². The second kappa shape index (κ2) is 9.82. The number of fused-ring (bicyclic) bond motifs is 1. The van der Waals surface area contributed by atoms with Crippen molar-refractivity contribution in [2.24, 2.45) is 0 Å². The number of carbonyl (C=O) groups is 1. The minimum absolute atomic E-state index is 0.175. The Morgan fingerprint density at radius 3 is 2.59 bits per heavy atom. The van der Waals surface area contributed by atoms with Gasteiger partial charge in [0.1, 0.15) is 0 Å². The summed E-state index contributed by atoms with van der Waals surface area (Å²) in [6, 6.07) is 14.4. The molecule has 0 spiro atoms. The molecule has 5 rings (SSSR count). The molecule has 0 unspecified atom stereocenters. The largest absolute Gasteiger partial charge is 0.416 e. The minimum atomic E-state index is -4.51. The normalized spacial score (nSPS) is 14.3. The van der Waals surface area contributed by atoms with Crippen LogP contribution in [0, 0.1) is 6.92 Å². The van der Waals surface area contributed by atoms with Gasteiger partial charge in [-0.3, -0.25) is 9.69 Å². The molecule has 0 saturated carbocycles. The number of nitrogens with one attached hydrogen (secondary N) is 1. The van der Waals surface area contributed by atoms with Crippen LogP contribution in [0.2, 0.25) is 0 Å². The van der Waals surface area contributed by atoms with E-state index in [1.807, 2.05) is 31.2 Å². The lowest BCUT2D eigenvalue weighted by atomic mass is 9.96. The summed E-state index contributed by atoms with van der Waals surface area (Å²) in [5.41, 5.74) is 9.40. The van der Waals surface area contributed by atoms with E-state index in [9.17, 15) is 18.0 Å². The number of halogens is 3. The highest BCUT2D eigenvalue weighted by Crippen LogP contribution is 2.34. The van der Waals surface area contributed by atoms with Gasteiger partial charge in [0, 0.05) is 29.4 Å². The first-order chi connectivity index (χ1) is 17.7. The summed E-state index contributed by atoms with van der Waals surface area (Å²) >= 11 is 0. The molecule has 37 heavy (non-hydrogen) atoms. The second-order valence-electron chi connectivity index (χ2n) is 9.34. The number of aryl methyl sites for hydroxylation is 1. The third-order valence-electron chi connectivity index (χ3n) is 6.69. The maximum atomic E-state index is 13.4. The van der Waals surface area contributed by atoms with Gasteiger partial charge in [-0.2, -0.15) is 13.2 Å². The van der Waals surface area contributed by atoms with Crippen LogP contribution in [0.4, 0.5) is 24.8 Å². The standard InChI is InChI=1S/C28H26F3N5O/c1-17-4-5-19(13-23(17)18-7-9-24-21(12-18)15-33-27(32)35-24)26(37)34-25-14-22(28(29,30)31)8-6-20(25)16-36-10-2-3-11-36/h4-9,12-15H,2-3,10-11,16H2,1H3,(H,34,37)(H2,32,33,35). The Labute approximate surface area is 212 Å². The Hall–Kier alpha value is -3.98. The van der Waals surface area contributed by atoms with Crippen LogP contribution >= 0.6 is 0 Å². The number of aromatic nitrogens is 2. The van der Waals surface area contributed by atoms with E-state index >= 15 is 0 Å². The SMILES string of the molecule is Cc1ccc(C(=O)Nc2cc(C(F)(F)F)ccc2CN2CCCC2)cc1-c1ccc2nc(N)ncc2c1. The molecular formula is C28H26F3N5O. The number of hydrogen-bond acceptors (Lipinski definition) is 5. The molecule has 1 aromatic heterocycles. The Morgan fingerprint density at radius 1 is 1.05 bits per heavy atom. The molecule has 3 N–H and O–H groups in total. The zero-order valence-corrected chi connectivity index (χ0v) is 20.3. The molecule has 2 heterocycles. The summed E-state index contributed by atoms with van der Waals surface area (Å²) in [5.74, 6) is -0.283. The van der Waals surface area contributed by atoms with Crippen LogP contribution in [-0.2, 0) is 12.7 Å². The number of hydrogen-bond donors (Lipinski definition) is 2. The number of nitrogens with two attached hydrogens (primary N) is 1. The van der Waals surface area contributed by atoms with Crippen LogP contribution in [-0.4, -0.2) is 33.9 Å². The molecule has 9 heteroatoms. The molecule has 0 atom stereocenters. The van der Waals surface area contributed by atoms with Crippen LogP contribution in [0.25, 0.3) is 22.0 Å². The maximum absolute atomic E-state index is 13.4. The Kier molecular flexibility index (Phi) is 6.55. The Bertz CT molecular complexity index is 1480. The van der Waals surface area contributed by atoms with E-state index in [1.54, 1.807) is 18.3 Å². The van der Waals surface area contributed by atoms with Gasteiger partial charge >= 0.3 is 6.18 Å². The van der Waals surface area contributed by atoms with Gasteiger partial charge in [-0.1, -0.05) is 18.2 Å². The van der Waals surface area contributed by atoms with E-state index in [2.05, 4.69) is 20.2 Å². The first kappa shape index (κ1) is 24.7. The molecule has 1 saturated heterocycles. The summed E-state index contributed by atoms with van der Waals surface area (Å²) in [4.78, 5) is 23.7. The molecule has 0 aliphatic carbocycles. The molecule has 190 valence electrons. The fourth-order valence-electron chi connectivity index (χ4n) is 4.67. The number of carbonyl (C=O) groups excluding carboxylic acids is 1. The first-order valence-corrected chi connectivity index (χ1v) is 12.0. The molecule has 1 fully saturated rings. The van der Waals surface area contributed by atoms with Crippen molar-refractivity contribution in [2.45, 2.75) is 32.5 Å². The predicted octanol–water partition coefficient (Wildman–Crippen LogP) is 6.05. The molecule has 0 radical (unpaired) electrons. The van der Waals surface area contributed by atoms with Gasteiger partial charge in [0.25, 0.3) is 5.91 Å². The van der Waals surface area contributed by atoms with E-state index < -0.39 is 17.6 Å². The van der Waals surface area contributed by atoms with E-state index in [0.717, 1.165) is 60.1 Å². The molecule has 1 amide bonds. The number of likely N-dealkylation sites (tertiary alicyclic amines) is 1. The van der Waals surface area contributed by atoms with Crippen molar-refractivity contribution >= 4 is 28.4 Å². The molecule has 6 nitrogen and oxygen atoms in total. The molecule has 1 aliphatic heterocycles. The highest BCUT2D eigenvalue weighted by atomic mass is 19.4. The summed E-state index contributed by atoms with van der Waals surface area (Å²) in [6.45, 7) is 4.19. The lowest BCUT2D eigenvalue weighted by Gasteiger charge is -2.19. The summed E-state index contributed by atoms with van der Waals surface area (Å²) < 4.78 is 40.3. The highest BCUT2D eigenvalue weighted by Gasteiger charge is 2.31. The lowest BCUT2D eigenvalue weighted by molar-refractivity contribution is -0.137. The number of amides is 1. The number of alkyl halides is 3. The maximum Gasteiger partial charge on any atom is 0.416 e. The third kappa shape index (κ3) is 5.41. The van der Waals surface area contributed by atoms with Crippen molar-refractivity contribution in [2.75, 3.05) is 24.1 Å². The predicted molar refractivity (Wildman–Crippen MR) is 138 cm³/mol. The van der Waals surface area contributed by atoms with Crippen LogP contribution in [0.15, 0.2) is 60.8 Å². The smallest absolute Gasteiger partial charge is 0.368 e. The lowest BCUT2D eigenvalue weighted by Crippen LogP contribution is -2.21. The van der Waals surface area contributed by atoms with Gasteiger partial charge in [-0.25, -0.2) is 9.97 Å². The van der Waals surface area contributed by atoms with Crippen molar-refractivity contribution in [3.63, 3.8) is 0 Å². The fourth-order valence-corrected chi connectivity index (χ4v) is 4.67.